The molecule has 3 N–H and O–H groups in total. The highest BCUT2D eigenvalue weighted by Crippen LogP contribution is 2.24. The Morgan fingerprint density at radius 1 is 1.09 bits per heavy atom. The normalized spacial score (nSPS) is 11.7. The first-order chi connectivity index (χ1) is 10.2. The van der Waals surface area contributed by atoms with Crippen LogP contribution in [0.4, 0.5) is 0 Å². The topological polar surface area (TPSA) is 56.7 Å². The Morgan fingerprint density at radius 2 is 1.73 bits per heavy atom. The largest absolute Gasteiger partial charge is 0.396 e. The highest BCUT2D eigenvalue weighted by atomic mass is 127. The molecule has 0 bridgehead atoms. The summed E-state index contributed by atoms with van der Waals surface area (Å²) in [6, 6.07) is 10.2. The Balaban J connectivity index is 0.00000441. The lowest BCUT2D eigenvalue weighted by atomic mass is 9.83. The Hall–Kier alpha value is -0.820. The van der Waals surface area contributed by atoms with Gasteiger partial charge < -0.3 is 15.7 Å². The third kappa shape index (κ3) is 6.96. The number of nitrogens with one attached hydrogen (secondary N) is 2. The maximum atomic E-state index is 9.63. The number of benzene rings is 1. The highest BCUT2D eigenvalue weighted by Gasteiger charge is 2.25. The summed E-state index contributed by atoms with van der Waals surface area (Å²) in [5.74, 6) is 0.807. The van der Waals surface area contributed by atoms with Crippen molar-refractivity contribution in [2.75, 3.05) is 19.7 Å². The Kier molecular flexibility index (Phi) is 11.3. The van der Waals surface area contributed by atoms with E-state index in [2.05, 4.69) is 48.5 Å². The number of aliphatic hydroxyl groups is 1. The number of aliphatic imine (C=N–C) groups is 1. The SMILES string of the molecule is CCNC(=NCc1ccccc1)NCC(CC)(CC)CO.I. The summed E-state index contributed by atoms with van der Waals surface area (Å²) in [4.78, 5) is 4.60. The molecule has 1 aromatic carbocycles. The van der Waals surface area contributed by atoms with Crippen LogP contribution in [0.3, 0.4) is 0 Å². The number of aliphatic hydroxyl groups excluding tert-OH is 1. The Morgan fingerprint density at radius 3 is 2.23 bits per heavy atom. The molecule has 0 saturated carbocycles. The van der Waals surface area contributed by atoms with Crippen molar-refractivity contribution in [3.63, 3.8) is 0 Å². The number of rotatable bonds is 8. The number of hydrogen-bond donors (Lipinski definition) is 3. The first kappa shape index (κ1) is 21.2. The van der Waals surface area contributed by atoms with Gasteiger partial charge in [0.15, 0.2) is 5.96 Å². The molecule has 5 heteroatoms. The molecule has 126 valence electrons. The van der Waals surface area contributed by atoms with Gasteiger partial charge in [-0.15, -0.1) is 24.0 Å². The van der Waals surface area contributed by atoms with Gasteiger partial charge in [0.1, 0.15) is 0 Å². The molecule has 4 nitrogen and oxygen atoms in total. The molecule has 0 amide bonds. The second-order valence-corrected chi connectivity index (χ2v) is 5.40. The van der Waals surface area contributed by atoms with Gasteiger partial charge in [0.05, 0.1) is 13.2 Å². The van der Waals surface area contributed by atoms with E-state index in [1.807, 2.05) is 18.2 Å². The van der Waals surface area contributed by atoms with Crippen LogP contribution < -0.4 is 10.6 Å². The van der Waals surface area contributed by atoms with Crippen molar-refractivity contribution < 1.29 is 5.11 Å². The van der Waals surface area contributed by atoms with Gasteiger partial charge in [-0.05, 0) is 25.3 Å². The third-order valence-corrected chi connectivity index (χ3v) is 4.07. The molecule has 0 aliphatic rings. The molecule has 0 saturated heterocycles. The van der Waals surface area contributed by atoms with Gasteiger partial charge >= 0.3 is 0 Å². The van der Waals surface area contributed by atoms with Crippen molar-refractivity contribution in [1.29, 1.82) is 0 Å². The van der Waals surface area contributed by atoms with Gasteiger partial charge in [-0.1, -0.05) is 44.2 Å². The van der Waals surface area contributed by atoms with Crippen molar-refractivity contribution in [3.8, 4) is 0 Å². The molecule has 0 aliphatic heterocycles. The van der Waals surface area contributed by atoms with Crippen molar-refractivity contribution >= 4 is 29.9 Å². The van der Waals surface area contributed by atoms with Crippen LogP contribution in [0.15, 0.2) is 35.3 Å². The van der Waals surface area contributed by atoms with Crippen molar-refractivity contribution in [2.45, 2.75) is 40.2 Å². The van der Waals surface area contributed by atoms with Crippen LogP contribution in [0, 0.1) is 5.41 Å². The van der Waals surface area contributed by atoms with E-state index in [1.54, 1.807) is 0 Å². The number of hydrogen-bond acceptors (Lipinski definition) is 2. The second kappa shape index (κ2) is 11.7. The Labute approximate surface area is 151 Å². The molecule has 0 fully saturated rings. The minimum absolute atomic E-state index is 0. The monoisotopic (exact) mass is 419 g/mol. The van der Waals surface area contributed by atoms with Crippen LogP contribution in [0.2, 0.25) is 0 Å². The van der Waals surface area contributed by atoms with Gasteiger partial charge in [0.25, 0.3) is 0 Å². The predicted octanol–water partition coefficient (Wildman–Crippen LogP) is 3.16. The zero-order valence-electron chi connectivity index (χ0n) is 13.9. The number of nitrogens with zero attached hydrogens (tertiary/aromatic N) is 1. The van der Waals surface area contributed by atoms with Crippen molar-refractivity contribution in [3.05, 3.63) is 35.9 Å². The molecule has 0 heterocycles. The van der Waals surface area contributed by atoms with E-state index in [-0.39, 0.29) is 36.0 Å². The molecule has 0 aliphatic carbocycles. The van der Waals surface area contributed by atoms with E-state index < -0.39 is 0 Å². The van der Waals surface area contributed by atoms with E-state index >= 15 is 0 Å². The van der Waals surface area contributed by atoms with Crippen LogP contribution in [-0.2, 0) is 6.54 Å². The second-order valence-electron chi connectivity index (χ2n) is 5.40. The van der Waals surface area contributed by atoms with Gasteiger partial charge in [-0.3, -0.25) is 0 Å². The van der Waals surface area contributed by atoms with E-state index in [1.165, 1.54) is 5.56 Å². The first-order valence-corrected chi connectivity index (χ1v) is 7.86. The minimum Gasteiger partial charge on any atom is -0.396 e. The summed E-state index contributed by atoms with van der Waals surface area (Å²) >= 11 is 0. The molecule has 0 spiro atoms. The lowest BCUT2D eigenvalue weighted by Crippen LogP contribution is -2.44. The van der Waals surface area contributed by atoms with Crippen LogP contribution in [0.1, 0.15) is 39.2 Å². The zero-order chi connectivity index (χ0) is 15.6. The van der Waals surface area contributed by atoms with Gasteiger partial charge in [0.2, 0.25) is 0 Å². The molecule has 22 heavy (non-hydrogen) atoms. The smallest absolute Gasteiger partial charge is 0.191 e. The summed E-state index contributed by atoms with van der Waals surface area (Å²) < 4.78 is 0. The van der Waals surface area contributed by atoms with Gasteiger partial charge in [-0.2, -0.15) is 0 Å². The summed E-state index contributed by atoms with van der Waals surface area (Å²) in [5, 5.41) is 16.2. The zero-order valence-corrected chi connectivity index (χ0v) is 16.3. The van der Waals surface area contributed by atoms with E-state index in [4.69, 9.17) is 0 Å². The third-order valence-electron chi connectivity index (χ3n) is 4.07. The van der Waals surface area contributed by atoms with Crippen LogP contribution in [-0.4, -0.2) is 30.8 Å². The Bertz CT molecular complexity index is 411. The van der Waals surface area contributed by atoms with E-state index in [0.717, 1.165) is 31.9 Å². The predicted molar refractivity (Wildman–Crippen MR) is 105 cm³/mol. The molecule has 1 aromatic rings. The van der Waals surface area contributed by atoms with Crippen LogP contribution >= 0.6 is 24.0 Å². The molecular formula is C17H30IN3O. The molecule has 0 atom stereocenters. The summed E-state index contributed by atoms with van der Waals surface area (Å²) in [7, 11) is 0. The molecule has 0 unspecified atom stereocenters. The quantitative estimate of drug-likeness (QED) is 0.345. The fourth-order valence-electron chi connectivity index (χ4n) is 2.15. The standard InChI is InChI=1S/C17H29N3O.HI/c1-4-17(5-2,14-21)13-20-16(18-6-3)19-12-15-10-8-7-9-11-15;/h7-11,21H,4-6,12-14H2,1-3H3,(H2,18,19,20);1H. The fourth-order valence-corrected chi connectivity index (χ4v) is 2.15. The average Bonchev–Trinajstić information content (AvgIpc) is 2.55. The van der Waals surface area contributed by atoms with E-state index in [0.29, 0.717) is 6.54 Å². The van der Waals surface area contributed by atoms with Gasteiger partial charge in [-0.25, -0.2) is 4.99 Å². The lowest BCUT2D eigenvalue weighted by Gasteiger charge is -2.30. The van der Waals surface area contributed by atoms with Crippen LogP contribution in [0.25, 0.3) is 0 Å². The van der Waals surface area contributed by atoms with Crippen molar-refractivity contribution in [2.24, 2.45) is 10.4 Å². The molecule has 0 radical (unpaired) electrons. The number of halogens is 1. The fraction of sp³-hybridized carbons (Fsp3) is 0.588. The molecular weight excluding hydrogens is 389 g/mol. The highest BCUT2D eigenvalue weighted by molar-refractivity contribution is 14.0. The summed E-state index contributed by atoms with van der Waals surface area (Å²) in [6.07, 6.45) is 1.90. The first-order valence-electron chi connectivity index (χ1n) is 7.86. The maximum Gasteiger partial charge on any atom is 0.191 e. The number of guanidine groups is 1. The van der Waals surface area contributed by atoms with Crippen molar-refractivity contribution in [1.82, 2.24) is 10.6 Å². The summed E-state index contributed by atoms with van der Waals surface area (Å²) in [6.45, 7) is 8.71. The molecule has 1 rings (SSSR count). The minimum atomic E-state index is -0.0665. The lowest BCUT2D eigenvalue weighted by molar-refractivity contribution is 0.118. The van der Waals surface area contributed by atoms with Crippen LogP contribution in [0.5, 0.6) is 0 Å². The van der Waals surface area contributed by atoms with Gasteiger partial charge in [0, 0.05) is 18.5 Å². The van der Waals surface area contributed by atoms with E-state index in [9.17, 15) is 5.11 Å². The maximum absolute atomic E-state index is 9.63. The molecule has 0 aromatic heterocycles. The average molecular weight is 419 g/mol. The summed E-state index contributed by atoms with van der Waals surface area (Å²) in [5.41, 5.74) is 1.12.